The normalized spacial score (nSPS) is 22.0. The summed E-state index contributed by atoms with van der Waals surface area (Å²) in [5.41, 5.74) is 0.855. The Kier molecular flexibility index (Phi) is 4.92. The Labute approximate surface area is 123 Å². The van der Waals surface area contributed by atoms with E-state index in [1.165, 1.54) is 0 Å². The third-order valence-corrected chi connectivity index (χ3v) is 3.58. The quantitative estimate of drug-likeness (QED) is 0.272. The third-order valence-electron chi connectivity index (χ3n) is 3.58. The third kappa shape index (κ3) is 3.59. The molecule has 0 aliphatic carbocycles. The molecule has 2 rings (SSSR count). The van der Waals surface area contributed by atoms with Gasteiger partial charge in [-0.3, -0.25) is 0 Å². The van der Waals surface area contributed by atoms with Gasteiger partial charge in [0.25, 0.3) is 0 Å². The van der Waals surface area contributed by atoms with E-state index in [1.807, 2.05) is 24.3 Å². The number of hydrogen-bond acceptors (Lipinski definition) is 6. The van der Waals surface area contributed by atoms with Crippen molar-refractivity contribution >= 4 is 24.2 Å². The molecular weight excluding hydrogens is 270 g/mol. The van der Waals surface area contributed by atoms with Crippen molar-refractivity contribution in [2.75, 3.05) is 11.9 Å². The van der Waals surface area contributed by atoms with E-state index in [9.17, 15) is 9.59 Å². The number of esters is 1. The number of cyclic esters (lactones) is 1. The van der Waals surface area contributed by atoms with Gasteiger partial charge in [-0.2, -0.15) is 5.10 Å². The van der Waals surface area contributed by atoms with Crippen molar-refractivity contribution in [2.24, 2.45) is 10.9 Å². The van der Waals surface area contributed by atoms with Crippen molar-refractivity contribution in [3.63, 3.8) is 0 Å². The van der Waals surface area contributed by atoms with Crippen molar-refractivity contribution in [3.05, 3.63) is 29.8 Å². The summed E-state index contributed by atoms with van der Waals surface area (Å²) in [5, 5.41) is 6.70. The molecule has 1 aromatic carbocycles. The van der Waals surface area contributed by atoms with Gasteiger partial charge in [-0.25, -0.2) is 4.79 Å². The standard InChI is InChI=1S/C15H19N3O3/c16-17-11-12-3-5-13(6-4-12)18-15(7-1-9-19)8-2-10-21-14(15)20/h3-6,9,11,18H,1-2,7-8,10,16H2. The van der Waals surface area contributed by atoms with Gasteiger partial charge in [-0.1, -0.05) is 12.1 Å². The largest absolute Gasteiger partial charge is 0.464 e. The summed E-state index contributed by atoms with van der Waals surface area (Å²) in [4.78, 5) is 22.8. The Morgan fingerprint density at radius 2 is 2.14 bits per heavy atom. The van der Waals surface area contributed by atoms with Crippen molar-refractivity contribution in [1.82, 2.24) is 0 Å². The number of aldehydes is 1. The molecule has 1 heterocycles. The predicted molar refractivity (Wildman–Crippen MR) is 80.1 cm³/mol. The molecule has 0 radical (unpaired) electrons. The fourth-order valence-corrected chi connectivity index (χ4v) is 2.50. The van der Waals surface area contributed by atoms with E-state index in [1.54, 1.807) is 6.21 Å². The number of rotatable bonds is 6. The van der Waals surface area contributed by atoms with Crippen LogP contribution >= 0.6 is 0 Å². The number of nitrogens with two attached hydrogens (primary N) is 1. The summed E-state index contributed by atoms with van der Waals surface area (Å²) < 4.78 is 5.17. The molecule has 1 fully saturated rings. The van der Waals surface area contributed by atoms with E-state index in [4.69, 9.17) is 10.6 Å². The maximum Gasteiger partial charge on any atom is 0.331 e. The first kappa shape index (κ1) is 15.0. The summed E-state index contributed by atoms with van der Waals surface area (Å²) in [6.07, 6.45) is 4.56. The second-order valence-corrected chi connectivity index (χ2v) is 5.05. The number of hydrogen-bond donors (Lipinski definition) is 2. The second kappa shape index (κ2) is 6.88. The first-order valence-electron chi connectivity index (χ1n) is 6.92. The SMILES string of the molecule is NN=Cc1ccc(NC2(CCC=O)CCCOC2=O)cc1. The lowest BCUT2D eigenvalue weighted by atomic mass is 9.86. The molecule has 1 atom stereocenters. The fraction of sp³-hybridized carbons (Fsp3) is 0.400. The van der Waals surface area contributed by atoms with Crippen LogP contribution in [0.3, 0.4) is 0 Å². The van der Waals surface area contributed by atoms with Crippen LogP contribution in [0.2, 0.25) is 0 Å². The Morgan fingerprint density at radius 1 is 1.38 bits per heavy atom. The predicted octanol–water partition coefficient (Wildman–Crippen LogP) is 1.45. The number of carbonyl (C=O) groups excluding carboxylic acids is 2. The average molecular weight is 289 g/mol. The average Bonchev–Trinajstić information content (AvgIpc) is 2.50. The van der Waals surface area contributed by atoms with Crippen molar-refractivity contribution < 1.29 is 14.3 Å². The Morgan fingerprint density at radius 3 is 2.76 bits per heavy atom. The van der Waals surface area contributed by atoms with E-state index in [0.717, 1.165) is 24.0 Å². The van der Waals surface area contributed by atoms with Crippen LogP contribution in [0, 0.1) is 0 Å². The molecular formula is C15H19N3O3. The zero-order valence-corrected chi connectivity index (χ0v) is 11.7. The van der Waals surface area contributed by atoms with Crippen LogP contribution in [0.4, 0.5) is 5.69 Å². The van der Waals surface area contributed by atoms with Crippen LogP contribution in [-0.4, -0.2) is 30.6 Å². The monoisotopic (exact) mass is 289 g/mol. The van der Waals surface area contributed by atoms with Gasteiger partial charge in [-0.15, -0.1) is 0 Å². The molecule has 0 saturated carbocycles. The minimum atomic E-state index is -0.817. The lowest BCUT2D eigenvalue weighted by Crippen LogP contribution is -2.50. The molecule has 6 heteroatoms. The topological polar surface area (TPSA) is 93.8 Å². The number of hydrazone groups is 1. The van der Waals surface area contributed by atoms with Gasteiger partial charge in [0.15, 0.2) is 0 Å². The van der Waals surface area contributed by atoms with Gasteiger partial charge in [0.2, 0.25) is 0 Å². The molecule has 21 heavy (non-hydrogen) atoms. The van der Waals surface area contributed by atoms with Gasteiger partial charge in [0.05, 0.1) is 12.8 Å². The van der Waals surface area contributed by atoms with E-state index >= 15 is 0 Å². The summed E-state index contributed by atoms with van der Waals surface area (Å²) in [5.74, 6) is 4.81. The summed E-state index contributed by atoms with van der Waals surface area (Å²) in [7, 11) is 0. The minimum absolute atomic E-state index is 0.289. The molecule has 0 aromatic heterocycles. The Balaban J connectivity index is 2.17. The Hall–Kier alpha value is -2.37. The highest BCUT2D eigenvalue weighted by Crippen LogP contribution is 2.30. The summed E-state index contributed by atoms with van der Waals surface area (Å²) in [6, 6.07) is 7.39. The number of nitrogens with zero attached hydrogens (tertiary/aromatic N) is 1. The molecule has 0 amide bonds. The van der Waals surface area contributed by atoms with Crippen LogP contribution < -0.4 is 11.2 Å². The zero-order chi connectivity index (χ0) is 15.1. The number of nitrogens with one attached hydrogen (secondary N) is 1. The molecule has 1 aliphatic heterocycles. The van der Waals surface area contributed by atoms with Gasteiger partial charge < -0.3 is 20.7 Å². The van der Waals surface area contributed by atoms with Crippen molar-refractivity contribution in [1.29, 1.82) is 0 Å². The van der Waals surface area contributed by atoms with Crippen LogP contribution in [0.15, 0.2) is 29.4 Å². The smallest absolute Gasteiger partial charge is 0.331 e. The van der Waals surface area contributed by atoms with E-state index in [-0.39, 0.29) is 5.97 Å². The van der Waals surface area contributed by atoms with Crippen molar-refractivity contribution in [3.8, 4) is 0 Å². The fourth-order valence-electron chi connectivity index (χ4n) is 2.50. The molecule has 1 aliphatic rings. The van der Waals surface area contributed by atoms with Gasteiger partial charge in [0, 0.05) is 12.1 Å². The lowest BCUT2D eigenvalue weighted by molar-refractivity contribution is -0.153. The van der Waals surface area contributed by atoms with Crippen LogP contribution in [-0.2, 0) is 14.3 Å². The molecule has 112 valence electrons. The molecule has 6 nitrogen and oxygen atoms in total. The van der Waals surface area contributed by atoms with E-state index in [2.05, 4.69) is 10.4 Å². The van der Waals surface area contributed by atoms with Gasteiger partial charge in [0.1, 0.15) is 11.8 Å². The molecule has 1 aromatic rings. The van der Waals surface area contributed by atoms with Gasteiger partial charge >= 0.3 is 5.97 Å². The first-order chi connectivity index (χ1) is 10.2. The minimum Gasteiger partial charge on any atom is -0.464 e. The number of ether oxygens (including phenoxy) is 1. The Bertz CT molecular complexity index is 527. The van der Waals surface area contributed by atoms with Crippen molar-refractivity contribution in [2.45, 2.75) is 31.2 Å². The molecule has 1 saturated heterocycles. The zero-order valence-electron chi connectivity index (χ0n) is 11.7. The molecule has 3 N–H and O–H groups in total. The summed E-state index contributed by atoms with van der Waals surface area (Å²) in [6.45, 7) is 0.440. The van der Waals surface area contributed by atoms with Crippen LogP contribution in [0.5, 0.6) is 0 Å². The molecule has 1 unspecified atom stereocenters. The number of benzene rings is 1. The van der Waals surface area contributed by atoms with Crippen LogP contribution in [0.25, 0.3) is 0 Å². The van der Waals surface area contributed by atoms with Crippen LogP contribution in [0.1, 0.15) is 31.2 Å². The maximum absolute atomic E-state index is 12.2. The van der Waals surface area contributed by atoms with E-state index in [0.29, 0.717) is 25.9 Å². The highest BCUT2D eigenvalue weighted by Gasteiger charge is 2.41. The number of anilines is 1. The van der Waals surface area contributed by atoms with E-state index < -0.39 is 5.54 Å². The maximum atomic E-state index is 12.2. The highest BCUT2D eigenvalue weighted by atomic mass is 16.5. The summed E-state index contributed by atoms with van der Waals surface area (Å²) >= 11 is 0. The highest BCUT2D eigenvalue weighted by molar-refractivity contribution is 5.86. The lowest BCUT2D eigenvalue weighted by Gasteiger charge is -2.36. The number of carbonyl (C=O) groups is 2. The molecule has 0 spiro atoms. The second-order valence-electron chi connectivity index (χ2n) is 5.05. The van der Waals surface area contributed by atoms with Gasteiger partial charge in [-0.05, 0) is 37.0 Å². The first-order valence-corrected chi connectivity index (χ1v) is 6.92. The molecule has 0 bridgehead atoms.